The first-order valence-corrected chi connectivity index (χ1v) is 11.4. The summed E-state index contributed by atoms with van der Waals surface area (Å²) < 4.78 is 11.2. The fourth-order valence-corrected chi connectivity index (χ4v) is 3.57. The molecule has 2 rings (SSSR count). The van der Waals surface area contributed by atoms with E-state index in [1.54, 1.807) is 6.07 Å². The molecule has 0 radical (unpaired) electrons. The van der Waals surface area contributed by atoms with Crippen molar-refractivity contribution < 1.29 is 23.9 Å². The van der Waals surface area contributed by atoms with Gasteiger partial charge in [-0.15, -0.1) is 11.3 Å². The van der Waals surface area contributed by atoms with Crippen LogP contribution in [0, 0.1) is 0 Å². The Kier molecular flexibility index (Phi) is 10.6. The lowest BCUT2D eigenvalue weighted by molar-refractivity contribution is -0.122. The first kappa shape index (κ1) is 24.4. The molecule has 2 N–H and O–H groups in total. The summed E-state index contributed by atoms with van der Waals surface area (Å²) in [6.07, 6.45) is 1.15. The second-order valence-corrected chi connectivity index (χ2v) is 7.70. The van der Waals surface area contributed by atoms with Gasteiger partial charge in [-0.2, -0.15) is 0 Å². The molecule has 0 unspecified atom stereocenters. The van der Waals surface area contributed by atoms with Gasteiger partial charge in [-0.3, -0.25) is 14.4 Å². The van der Waals surface area contributed by atoms with Crippen LogP contribution >= 0.6 is 11.3 Å². The summed E-state index contributed by atoms with van der Waals surface area (Å²) in [4.78, 5) is 36.4. The molecule has 7 nitrogen and oxygen atoms in total. The van der Waals surface area contributed by atoms with Gasteiger partial charge in [-0.1, -0.05) is 12.1 Å². The Morgan fingerprint density at radius 1 is 0.871 bits per heavy atom. The van der Waals surface area contributed by atoms with Crippen molar-refractivity contribution in [3.8, 4) is 11.5 Å². The van der Waals surface area contributed by atoms with E-state index >= 15 is 0 Å². The standard InChI is InChI=1S/C23H30N2O5S/c1-3-29-19-9-7-17(16-20(19)30-4-2)11-13-24-23(28)12-14-25-22(27)10-8-18(26)21-6-5-15-31-21/h5-7,9,15-16H,3-4,8,10-14H2,1-2H3,(H,24,28)(H,25,27). The minimum atomic E-state index is -0.226. The zero-order chi connectivity index (χ0) is 22.5. The van der Waals surface area contributed by atoms with Crippen LogP contribution in [0.4, 0.5) is 0 Å². The van der Waals surface area contributed by atoms with Crippen LogP contribution in [0.3, 0.4) is 0 Å². The predicted octanol–water partition coefficient (Wildman–Crippen LogP) is 3.37. The number of rotatable bonds is 14. The molecule has 0 aliphatic rings. The summed E-state index contributed by atoms with van der Waals surface area (Å²) in [5.74, 6) is 1.02. The molecule has 8 heteroatoms. The molecule has 168 valence electrons. The Bertz CT molecular complexity index is 852. The van der Waals surface area contributed by atoms with Gasteiger partial charge in [-0.25, -0.2) is 0 Å². The summed E-state index contributed by atoms with van der Waals surface area (Å²) >= 11 is 1.37. The number of hydrogen-bond donors (Lipinski definition) is 2. The highest BCUT2D eigenvalue weighted by Crippen LogP contribution is 2.28. The average molecular weight is 447 g/mol. The van der Waals surface area contributed by atoms with Gasteiger partial charge in [0, 0.05) is 32.4 Å². The van der Waals surface area contributed by atoms with Crippen LogP contribution < -0.4 is 20.1 Å². The molecule has 0 spiro atoms. The molecule has 0 saturated heterocycles. The van der Waals surface area contributed by atoms with Crippen molar-refractivity contribution in [2.75, 3.05) is 26.3 Å². The van der Waals surface area contributed by atoms with E-state index < -0.39 is 0 Å². The number of hydrogen-bond acceptors (Lipinski definition) is 6. The Balaban J connectivity index is 1.63. The zero-order valence-corrected chi connectivity index (χ0v) is 18.9. The third kappa shape index (κ3) is 8.80. The highest BCUT2D eigenvalue weighted by Gasteiger charge is 2.11. The topological polar surface area (TPSA) is 93.7 Å². The second-order valence-electron chi connectivity index (χ2n) is 6.75. The Morgan fingerprint density at radius 3 is 2.29 bits per heavy atom. The van der Waals surface area contributed by atoms with Crippen molar-refractivity contribution in [1.82, 2.24) is 10.6 Å². The number of nitrogens with one attached hydrogen (secondary N) is 2. The smallest absolute Gasteiger partial charge is 0.221 e. The van der Waals surface area contributed by atoms with E-state index in [9.17, 15) is 14.4 Å². The first-order chi connectivity index (χ1) is 15.0. The summed E-state index contributed by atoms with van der Waals surface area (Å²) in [6.45, 7) is 5.69. The van der Waals surface area contributed by atoms with E-state index in [1.807, 2.05) is 43.5 Å². The molecular weight excluding hydrogens is 416 g/mol. The number of amides is 2. The summed E-state index contributed by atoms with van der Waals surface area (Å²) in [7, 11) is 0. The molecule has 0 fully saturated rings. The molecule has 0 saturated carbocycles. The number of carbonyl (C=O) groups is 3. The predicted molar refractivity (Wildman–Crippen MR) is 121 cm³/mol. The minimum Gasteiger partial charge on any atom is -0.490 e. The lowest BCUT2D eigenvalue weighted by Gasteiger charge is -2.12. The summed E-state index contributed by atoms with van der Waals surface area (Å²) in [5.41, 5.74) is 1.04. The summed E-state index contributed by atoms with van der Waals surface area (Å²) in [6, 6.07) is 9.32. The average Bonchev–Trinajstić information content (AvgIpc) is 3.29. The van der Waals surface area contributed by atoms with Gasteiger partial charge in [0.15, 0.2) is 17.3 Å². The van der Waals surface area contributed by atoms with Gasteiger partial charge >= 0.3 is 0 Å². The molecule has 0 aliphatic carbocycles. The molecule has 31 heavy (non-hydrogen) atoms. The van der Waals surface area contributed by atoms with Crippen molar-refractivity contribution >= 4 is 28.9 Å². The third-order valence-corrected chi connectivity index (χ3v) is 5.30. The molecule has 1 aromatic heterocycles. The van der Waals surface area contributed by atoms with E-state index in [2.05, 4.69) is 10.6 Å². The number of ether oxygens (including phenoxy) is 2. The molecule has 1 aromatic carbocycles. The van der Waals surface area contributed by atoms with Crippen LogP contribution in [-0.4, -0.2) is 43.9 Å². The van der Waals surface area contributed by atoms with E-state index in [1.165, 1.54) is 11.3 Å². The van der Waals surface area contributed by atoms with Crippen LogP contribution in [0.1, 0.15) is 48.3 Å². The van der Waals surface area contributed by atoms with Crippen LogP contribution in [0.2, 0.25) is 0 Å². The van der Waals surface area contributed by atoms with Crippen molar-refractivity contribution in [2.45, 2.75) is 39.5 Å². The maximum absolute atomic E-state index is 12.0. The molecule has 0 atom stereocenters. The van der Waals surface area contributed by atoms with Crippen LogP contribution in [0.15, 0.2) is 35.7 Å². The van der Waals surface area contributed by atoms with Crippen molar-refractivity contribution in [1.29, 1.82) is 0 Å². The van der Waals surface area contributed by atoms with Gasteiger partial charge in [-0.05, 0) is 49.4 Å². The number of thiophene rings is 1. The Hall–Kier alpha value is -2.87. The second kappa shape index (κ2) is 13.4. The van der Waals surface area contributed by atoms with E-state index in [0.29, 0.717) is 42.6 Å². The largest absolute Gasteiger partial charge is 0.490 e. The quantitative estimate of drug-likeness (QED) is 0.434. The summed E-state index contributed by atoms with van der Waals surface area (Å²) in [5, 5.41) is 7.37. The molecule has 1 heterocycles. The van der Waals surface area contributed by atoms with E-state index in [4.69, 9.17) is 9.47 Å². The zero-order valence-electron chi connectivity index (χ0n) is 18.1. The fraction of sp³-hybridized carbons (Fsp3) is 0.435. The molecule has 2 aromatic rings. The maximum atomic E-state index is 12.0. The highest BCUT2D eigenvalue weighted by atomic mass is 32.1. The van der Waals surface area contributed by atoms with Gasteiger partial charge in [0.2, 0.25) is 11.8 Å². The fourth-order valence-electron chi connectivity index (χ4n) is 2.88. The van der Waals surface area contributed by atoms with Crippen LogP contribution in [0.25, 0.3) is 0 Å². The van der Waals surface area contributed by atoms with Crippen molar-refractivity contribution in [3.63, 3.8) is 0 Å². The van der Waals surface area contributed by atoms with Gasteiger partial charge < -0.3 is 20.1 Å². The van der Waals surface area contributed by atoms with E-state index in [-0.39, 0.29) is 43.4 Å². The number of ketones is 1. The van der Waals surface area contributed by atoms with Gasteiger partial charge in [0.05, 0.1) is 18.1 Å². The molecule has 0 bridgehead atoms. The molecule has 0 aliphatic heterocycles. The van der Waals surface area contributed by atoms with Crippen LogP contribution in [-0.2, 0) is 16.0 Å². The van der Waals surface area contributed by atoms with Crippen molar-refractivity contribution in [3.05, 3.63) is 46.2 Å². The lowest BCUT2D eigenvalue weighted by atomic mass is 10.1. The third-order valence-electron chi connectivity index (χ3n) is 4.39. The Morgan fingerprint density at radius 2 is 1.58 bits per heavy atom. The SMILES string of the molecule is CCOc1ccc(CCNC(=O)CCNC(=O)CCC(=O)c2cccs2)cc1OCC. The maximum Gasteiger partial charge on any atom is 0.221 e. The van der Waals surface area contributed by atoms with Gasteiger partial charge in [0.25, 0.3) is 0 Å². The number of benzene rings is 1. The van der Waals surface area contributed by atoms with Crippen LogP contribution in [0.5, 0.6) is 11.5 Å². The normalized spacial score (nSPS) is 10.4. The number of Topliss-reactive ketones (excluding diaryl/α,β-unsaturated/α-hetero) is 1. The highest BCUT2D eigenvalue weighted by molar-refractivity contribution is 7.12. The van der Waals surface area contributed by atoms with Crippen molar-refractivity contribution in [2.24, 2.45) is 0 Å². The molecular formula is C23H30N2O5S. The van der Waals surface area contributed by atoms with E-state index in [0.717, 1.165) is 5.56 Å². The van der Waals surface area contributed by atoms with Gasteiger partial charge in [0.1, 0.15) is 0 Å². The monoisotopic (exact) mass is 446 g/mol. The minimum absolute atomic E-state index is 0.0373. The lowest BCUT2D eigenvalue weighted by Crippen LogP contribution is -2.31. The first-order valence-electron chi connectivity index (χ1n) is 10.5. The Labute approximate surface area is 187 Å². The number of carbonyl (C=O) groups excluding carboxylic acids is 3. The molecule has 2 amide bonds.